The van der Waals surface area contributed by atoms with Crippen LogP contribution >= 0.6 is 11.3 Å². The summed E-state index contributed by atoms with van der Waals surface area (Å²) >= 11 is 1.45. The molecular formula is C19H24N2O4S. The Balaban J connectivity index is 1.96. The highest BCUT2D eigenvalue weighted by Gasteiger charge is 2.20. The summed E-state index contributed by atoms with van der Waals surface area (Å²) in [5.74, 6) is -0.517. The summed E-state index contributed by atoms with van der Waals surface area (Å²) in [7, 11) is 0. The van der Waals surface area contributed by atoms with Crippen molar-refractivity contribution in [2.24, 2.45) is 0 Å². The fraction of sp³-hybridized carbons (Fsp3) is 0.421. The van der Waals surface area contributed by atoms with Gasteiger partial charge in [-0.2, -0.15) is 0 Å². The van der Waals surface area contributed by atoms with E-state index in [-0.39, 0.29) is 12.3 Å². The highest BCUT2D eigenvalue weighted by Crippen LogP contribution is 2.26. The number of aromatic nitrogens is 1. The van der Waals surface area contributed by atoms with E-state index in [0.717, 1.165) is 29.2 Å². The summed E-state index contributed by atoms with van der Waals surface area (Å²) in [5, 5.41) is 14.4. The van der Waals surface area contributed by atoms with Gasteiger partial charge in [0.25, 0.3) is 0 Å². The van der Waals surface area contributed by atoms with Gasteiger partial charge in [0.15, 0.2) is 0 Å². The van der Waals surface area contributed by atoms with Crippen LogP contribution in [0.1, 0.15) is 38.8 Å². The van der Waals surface area contributed by atoms with Crippen LogP contribution in [0.3, 0.4) is 0 Å². The largest absolute Gasteiger partial charge is 0.494 e. The Morgan fingerprint density at radius 2 is 2.00 bits per heavy atom. The van der Waals surface area contributed by atoms with Crippen molar-refractivity contribution in [3.63, 3.8) is 0 Å². The Morgan fingerprint density at radius 1 is 1.27 bits per heavy atom. The number of nitrogens with zero attached hydrogens (tertiary/aromatic N) is 1. The summed E-state index contributed by atoms with van der Waals surface area (Å²) in [6.07, 6.45) is 2.16. The van der Waals surface area contributed by atoms with E-state index in [4.69, 9.17) is 4.74 Å². The molecule has 26 heavy (non-hydrogen) atoms. The van der Waals surface area contributed by atoms with Crippen molar-refractivity contribution in [2.75, 3.05) is 6.61 Å². The van der Waals surface area contributed by atoms with Crippen LogP contribution in [0, 0.1) is 0 Å². The van der Waals surface area contributed by atoms with Crippen LogP contribution in [0.15, 0.2) is 29.6 Å². The maximum atomic E-state index is 12.1. The number of carbonyl (C=O) groups is 2. The van der Waals surface area contributed by atoms with E-state index < -0.39 is 12.0 Å². The number of thiazole rings is 1. The molecule has 6 nitrogen and oxygen atoms in total. The second-order valence-corrected chi connectivity index (χ2v) is 6.74. The summed E-state index contributed by atoms with van der Waals surface area (Å²) < 4.78 is 5.42. The maximum Gasteiger partial charge on any atom is 0.326 e. The fourth-order valence-electron chi connectivity index (χ4n) is 2.46. The molecule has 1 aromatic heterocycles. The number of aliphatic carboxylic acids is 1. The standard InChI is InChI=1S/C19H24N2O4S/c1-3-5-6-16(19(23)24)21-17(22)11-14-12-26-18(20-14)13-7-9-15(10-8-13)25-4-2/h7-10,12,16H,3-6,11H2,1-2H3,(H,21,22)(H,23,24)/t16-/m0/s1. The first-order chi connectivity index (χ1) is 12.5. The SMILES string of the molecule is CCCC[C@H](NC(=O)Cc1csc(-c2ccc(OCC)cc2)n1)C(=O)O. The number of benzene rings is 1. The molecule has 0 radical (unpaired) electrons. The van der Waals surface area contributed by atoms with Gasteiger partial charge in [0.05, 0.1) is 18.7 Å². The molecule has 2 aromatic rings. The molecule has 0 aliphatic heterocycles. The summed E-state index contributed by atoms with van der Waals surface area (Å²) in [6.45, 7) is 4.53. The van der Waals surface area contributed by atoms with Crippen LogP contribution in [-0.4, -0.2) is 34.6 Å². The third-order valence-electron chi connectivity index (χ3n) is 3.79. The van der Waals surface area contributed by atoms with Crippen molar-refractivity contribution in [3.8, 4) is 16.3 Å². The molecule has 0 spiro atoms. The number of hydrogen-bond acceptors (Lipinski definition) is 5. The lowest BCUT2D eigenvalue weighted by atomic mass is 10.1. The summed E-state index contributed by atoms with van der Waals surface area (Å²) in [6, 6.07) is 6.79. The van der Waals surface area contributed by atoms with Crippen LogP contribution in [0.5, 0.6) is 5.75 Å². The number of unbranched alkanes of at least 4 members (excludes halogenated alkanes) is 1. The second kappa shape index (κ2) is 9.91. The molecule has 0 saturated heterocycles. The lowest BCUT2D eigenvalue weighted by molar-refractivity contribution is -0.142. The zero-order valence-corrected chi connectivity index (χ0v) is 15.8. The second-order valence-electron chi connectivity index (χ2n) is 5.88. The molecule has 1 aromatic carbocycles. The molecule has 0 aliphatic rings. The Morgan fingerprint density at radius 3 is 2.62 bits per heavy atom. The molecule has 0 aliphatic carbocycles. The van der Waals surface area contributed by atoms with Crippen LogP contribution in [0.25, 0.3) is 10.6 Å². The van der Waals surface area contributed by atoms with Gasteiger partial charge in [0.2, 0.25) is 5.91 Å². The van der Waals surface area contributed by atoms with Gasteiger partial charge in [-0.25, -0.2) is 9.78 Å². The van der Waals surface area contributed by atoms with Crippen LogP contribution in [0.4, 0.5) is 0 Å². The molecule has 7 heteroatoms. The third kappa shape index (κ3) is 5.84. The molecule has 0 saturated carbocycles. The summed E-state index contributed by atoms with van der Waals surface area (Å²) in [4.78, 5) is 27.8. The van der Waals surface area contributed by atoms with Gasteiger partial charge in [-0.05, 0) is 37.6 Å². The Hall–Kier alpha value is -2.41. The minimum absolute atomic E-state index is 0.0729. The van der Waals surface area contributed by atoms with Crippen molar-refractivity contribution in [2.45, 2.75) is 45.6 Å². The van der Waals surface area contributed by atoms with Crippen molar-refractivity contribution >= 4 is 23.2 Å². The molecule has 0 bridgehead atoms. The molecule has 2 N–H and O–H groups in total. The van der Waals surface area contributed by atoms with Crippen molar-refractivity contribution in [3.05, 3.63) is 35.3 Å². The first kappa shape index (κ1) is 19.9. The average molecular weight is 376 g/mol. The molecule has 1 amide bonds. The van der Waals surface area contributed by atoms with Gasteiger partial charge in [0, 0.05) is 10.9 Å². The van der Waals surface area contributed by atoms with Gasteiger partial charge in [-0.15, -0.1) is 11.3 Å². The lowest BCUT2D eigenvalue weighted by Crippen LogP contribution is -2.41. The minimum atomic E-state index is -1.000. The average Bonchev–Trinajstić information content (AvgIpc) is 3.07. The number of amides is 1. The number of nitrogens with one attached hydrogen (secondary N) is 1. The molecule has 0 fully saturated rings. The topological polar surface area (TPSA) is 88.5 Å². The first-order valence-corrected chi connectivity index (χ1v) is 9.61. The van der Waals surface area contributed by atoms with E-state index in [1.165, 1.54) is 11.3 Å². The van der Waals surface area contributed by atoms with E-state index in [2.05, 4.69) is 10.3 Å². The number of carbonyl (C=O) groups excluding carboxylic acids is 1. The number of carboxylic acids is 1. The Kier molecular flexibility index (Phi) is 7.59. The monoisotopic (exact) mass is 376 g/mol. The van der Waals surface area contributed by atoms with E-state index >= 15 is 0 Å². The van der Waals surface area contributed by atoms with E-state index in [0.29, 0.717) is 18.7 Å². The van der Waals surface area contributed by atoms with E-state index in [9.17, 15) is 14.7 Å². The number of ether oxygens (including phenoxy) is 1. The van der Waals surface area contributed by atoms with Crippen molar-refractivity contribution < 1.29 is 19.4 Å². The van der Waals surface area contributed by atoms with Gasteiger partial charge >= 0.3 is 5.97 Å². The van der Waals surface area contributed by atoms with Crippen LogP contribution in [-0.2, 0) is 16.0 Å². The zero-order valence-electron chi connectivity index (χ0n) is 15.0. The summed E-state index contributed by atoms with van der Waals surface area (Å²) in [5.41, 5.74) is 1.59. The smallest absolute Gasteiger partial charge is 0.326 e. The molecule has 1 atom stereocenters. The molecule has 2 rings (SSSR count). The predicted molar refractivity (Wildman–Crippen MR) is 102 cm³/mol. The molecule has 1 heterocycles. The molecule has 140 valence electrons. The molecular weight excluding hydrogens is 352 g/mol. The number of carboxylic acid groups (broad SMARTS) is 1. The van der Waals surface area contributed by atoms with Crippen molar-refractivity contribution in [1.82, 2.24) is 10.3 Å². The van der Waals surface area contributed by atoms with E-state index in [1.54, 1.807) is 0 Å². The number of hydrogen-bond donors (Lipinski definition) is 2. The molecule has 0 unspecified atom stereocenters. The first-order valence-electron chi connectivity index (χ1n) is 8.73. The van der Waals surface area contributed by atoms with E-state index in [1.807, 2.05) is 43.5 Å². The van der Waals surface area contributed by atoms with Gasteiger partial charge in [0.1, 0.15) is 16.8 Å². The zero-order chi connectivity index (χ0) is 18.9. The maximum absolute atomic E-state index is 12.1. The van der Waals surface area contributed by atoms with Crippen molar-refractivity contribution in [1.29, 1.82) is 0 Å². The Labute approximate surface area is 157 Å². The highest BCUT2D eigenvalue weighted by atomic mass is 32.1. The lowest BCUT2D eigenvalue weighted by Gasteiger charge is -2.13. The fourth-order valence-corrected chi connectivity index (χ4v) is 3.28. The van der Waals surface area contributed by atoms with Crippen LogP contribution in [0.2, 0.25) is 0 Å². The number of rotatable bonds is 10. The van der Waals surface area contributed by atoms with Crippen LogP contribution < -0.4 is 10.1 Å². The quantitative estimate of drug-likeness (QED) is 0.662. The van der Waals surface area contributed by atoms with Gasteiger partial charge in [-0.1, -0.05) is 19.8 Å². The highest BCUT2D eigenvalue weighted by molar-refractivity contribution is 7.13. The normalized spacial score (nSPS) is 11.8. The van der Waals surface area contributed by atoms with Gasteiger partial charge < -0.3 is 15.2 Å². The Bertz CT molecular complexity index is 727. The third-order valence-corrected chi connectivity index (χ3v) is 4.73. The predicted octanol–water partition coefficient (Wildman–Crippen LogP) is 3.51. The van der Waals surface area contributed by atoms with Gasteiger partial charge in [-0.3, -0.25) is 4.79 Å². The minimum Gasteiger partial charge on any atom is -0.494 e.